The largest absolute Gasteiger partial charge is 0.445 e. The first-order valence-corrected chi connectivity index (χ1v) is 2.37. The van der Waals surface area contributed by atoms with Crippen molar-refractivity contribution in [2.45, 2.75) is 6.92 Å². The van der Waals surface area contributed by atoms with E-state index in [9.17, 15) is 0 Å². The third-order valence-electron chi connectivity index (χ3n) is 0.811. The second-order valence-electron chi connectivity index (χ2n) is 1.53. The van der Waals surface area contributed by atoms with Crippen molar-refractivity contribution in [1.82, 2.24) is 4.98 Å². The number of halogens is 1. The van der Waals surface area contributed by atoms with Gasteiger partial charge in [0.25, 0.3) is 0 Å². The van der Waals surface area contributed by atoms with Gasteiger partial charge < -0.3 is 4.42 Å². The van der Waals surface area contributed by atoms with E-state index in [2.05, 4.69) is 11.6 Å². The minimum absolute atomic E-state index is 0. The van der Waals surface area contributed by atoms with Gasteiger partial charge in [-0.05, 0) is 13.0 Å². The third kappa shape index (κ3) is 2.17. The van der Waals surface area contributed by atoms with Crippen LogP contribution in [-0.2, 0) is 0 Å². The van der Waals surface area contributed by atoms with Crippen molar-refractivity contribution in [3.63, 3.8) is 0 Å². The van der Waals surface area contributed by atoms with E-state index in [1.165, 1.54) is 0 Å². The predicted molar refractivity (Wildman–Crippen MR) is 46.7 cm³/mol. The summed E-state index contributed by atoms with van der Waals surface area (Å²) in [5, 5.41) is 0. The first-order chi connectivity index (χ1) is 3.83. The monoisotopic (exact) mass is 237 g/mol. The lowest BCUT2D eigenvalue weighted by molar-refractivity contribution is 0.546. The summed E-state index contributed by atoms with van der Waals surface area (Å²) in [6, 6.07) is 0. The van der Waals surface area contributed by atoms with Crippen LogP contribution in [0.5, 0.6) is 0 Å². The van der Waals surface area contributed by atoms with Gasteiger partial charge in [0.15, 0.2) is 0 Å². The summed E-state index contributed by atoms with van der Waals surface area (Å²) >= 11 is 0. The number of rotatable bonds is 1. The van der Waals surface area contributed by atoms with E-state index >= 15 is 0 Å². The average Bonchev–Trinajstić information content (AvgIpc) is 2.14. The Morgan fingerprint density at radius 2 is 2.44 bits per heavy atom. The highest BCUT2D eigenvalue weighted by Gasteiger charge is 1.90. The second-order valence-corrected chi connectivity index (χ2v) is 1.53. The molecule has 1 rings (SSSR count). The van der Waals surface area contributed by atoms with Crippen molar-refractivity contribution in [3.05, 3.63) is 24.4 Å². The molecule has 0 amide bonds. The Morgan fingerprint density at radius 3 is 2.67 bits per heavy atom. The van der Waals surface area contributed by atoms with E-state index in [1.54, 1.807) is 12.3 Å². The molecule has 0 aliphatic rings. The molecule has 0 N–H and O–H groups in total. The molecule has 1 aromatic rings. The average molecular weight is 237 g/mol. The summed E-state index contributed by atoms with van der Waals surface area (Å²) in [5.74, 6) is 0.586. The van der Waals surface area contributed by atoms with Gasteiger partial charge in [0, 0.05) is 0 Å². The number of oxazole rings is 1. The normalized spacial score (nSPS) is 8.11. The number of aryl methyl sites for hydroxylation is 1. The minimum Gasteiger partial charge on any atom is -0.445 e. The summed E-state index contributed by atoms with van der Waals surface area (Å²) < 4.78 is 4.88. The van der Waals surface area contributed by atoms with E-state index < -0.39 is 0 Å². The highest BCUT2D eigenvalue weighted by molar-refractivity contribution is 14.0. The van der Waals surface area contributed by atoms with Crippen LogP contribution in [0, 0.1) is 6.92 Å². The zero-order valence-corrected chi connectivity index (χ0v) is 7.46. The number of aromatic nitrogens is 1. The van der Waals surface area contributed by atoms with Gasteiger partial charge in [-0.1, -0.05) is 6.58 Å². The zero-order valence-electron chi connectivity index (χ0n) is 5.13. The Hall–Kier alpha value is -0.320. The Morgan fingerprint density at radius 1 is 1.78 bits per heavy atom. The number of nitrogens with zero attached hydrogens (tertiary/aromatic N) is 1. The maximum Gasteiger partial charge on any atom is 0.218 e. The summed E-state index contributed by atoms with van der Waals surface area (Å²) in [4.78, 5) is 3.94. The van der Waals surface area contributed by atoms with Gasteiger partial charge in [-0.2, -0.15) is 0 Å². The molecule has 9 heavy (non-hydrogen) atoms. The Balaban J connectivity index is 0.000000640. The molecule has 0 atom stereocenters. The molecule has 1 heterocycles. The van der Waals surface area contributed by atoms with Crippen LogP contribution in [0.15, 0.2) is 17.3 Å². The van der Waals surface area contributed by atoms with E-state index in [1.807, 2.05) is 6.92 Å². The molecular formula is C6H8INO. The maximum atomic E-state index is 4.88. The highest BCUT2D eigenvalue weighted by Crippen LogP contribution is 1.99. The zero-order chi connectivity index (χ0) is 5.98. The van der Waals surface area contributed by atoms with Crippen LogP contribution < -0.4 is 0 Å². The van der Waals surface area contributed by atoms with Gasteiger partial charge in [0.1, 0.15) is 6.26 Å². The molecule has 1 aromatic heterocycles. The second kappa shape index (κ2) is 3.66. The lowest BCUT2D eigenvalue weighted by atomic mass is 10.6. The van der Waals surface area contributed by atoms with Gasteiger partial charge in [-0.3, -0.25) is 0 Å². The lowest BCUT2D eigenvalue weighted by Crippen LogP contribution is -1.68. The third-order valence-corrected chi connectivity index (χ3v) is 0.811. The summed E-state index contributed by atoms with van der Waals surface area (Å²) in [6.07, 6.45) is 3.17. The van der Waals surface area contributed by atoms with Crippen LogP contribution in [0.4, 0.5) is 0 Å². The van der Waals surface area contributed by atoms with E-state index in [0.717, 1.165) is 5.69 Å². The van der Waals surface area contributed by atoms with Gasteiger partial charge in [-0.15, -0.1) is 24.0 Å². The summed E-state index contributed by atoms with van der Waals surface area (Å²) in [6.45, 7) is 5.36. The molecule has 0 bridgehead atoms. The number of hydrogen-bond donors (Lipinski definition) is 0. The van der Waals surface area contributed by atoms with Crippen molar-refractivity contribution < 1.29 is 4.42 Å². The van der Waals surface area contributed by atoms with Gasteiger partial charge in [0.2, 0.25) is 5.89 Å². The van der Waals surface area contributed by atoms with Crippen molar-refractivity contribution in [2.75, 3.05) is 0 Å². The van der Waals surface area contributed by atoms with E-state index in [0.29, 0.717) is 5.89 Å². The fraction of sp³-hybridized carbons (Fsp3) is 0.167. The molecule has 0 aromatic carbocycles. The van der Waals surface area contributed by atoms with Crippen molar-refractivity contribution in [1.29, 1.82) is 0 Å². The SMILES string of the molecule is C=Cc1nc(C)co1.I. The van der Waals surface area contributed by atoms with Crippen LogP contribution >= 0.6 is 24.0 Å². The van der Waals surface area contributed by atoms with Crippen LogP contribution in [0.25, 0.3) is 6.08 Å². The molecule has 0 saturated heterocycles. The van der Waals surface area contributed by atoms with Crippen LogP contribution in [0.2, 0.25) is 0 Å². The molecule has 2 nitrogen and oxygen atoms in total. The van der Waals surface area contributed by atoms with Crippen LogP contribution in [0.1, 0.15) is 11.6 Å². The molecule has 0 radical (unpaired) electrons. The fourth-order valence-electron chi connectivity index (χ4n) is 0.466. The molecule has 3 heteroatoms. The molecule has 0 unspecified atom stereocenters. The first-order valence-electron chi connectivity index (χ1n) is 2.37. The molecule has 0 aliphatic carbocycles. The van der Waals surface area contributed by atoms with Crippen LogP contribution in [-0.4, -0.2) is 4.98 Å². The highest BCUT2D eigenvalue weighted by atomic mass is 127. The molecule has 0 fully saturated rings. The van der Waals surface area contributed by atoms with Gasteiger partial charge in [-0.25, -0.2) is 4.98 Å². The van der Waals surface area contributed by atoms with Gasteiger partial charge in [0.05, 0.1) is 5.69 Å². The number of hydrogen-bond acceptors (Lipinski definition) is 2. The fourth-order valence-corrected chi connectivity index (χ4v) is 0.466. The smallest absolute Gasteiger partial charge is 0.218 e. The van der Waals surface area contributed by atoms with Crippen molar-refractivity contribution >= 4 is 30.1 Å². The van der Waals surface area contributed by atoms with Crippen LogP contribution in [0.3, 0.4) is 0 Å². The van der Waals surface area contributed by atoms with Crippen molar-refractivity contribution in [3.8, 4) is 0 Å². The summed E-state index contributed by atoms with van der Waals surface area (Å²) in [5.41, 5.74) is 0.889. The molecule has 0 saturated carbocycles. The standard InChI is InChI=1S/C6H7NO.HI/c1-3-6-7-5(2)4-8-6;/h3-4H,1H2,2H3;1H. The topological polar surface area (TPSA) is 26.0 Å². The Kier molecular flexibility index (Phi) is 3.53. The molecular weight excluding hydrogens is 229 g/mol. The van der Waals surface area contributed by atoms with Crippen molar-refractivity contribution in [2.24, 2.45) is 0 Å². The maximum absolute atomic E-state index is 4.88. The summed E-state index contributed by atoms with van der Waals surface area (Å²) in [7, 11) is 0. The Bertz CT molecular complexity index is 195. The van der Waals surface area contributed by atoms with E-state index in [-0.39, 0.29) is 24.0 Å². The molecule has 50 valence electrons. The van der Waals surface area contributed by atoms with E-state index in [4.69, 9.17) is 4.42 Å². The Labute approximate surface area is 71.0 Å². The van der Waals surface area contributed by atoms with Gasteiger partial charge >= 0.3 is 0 Å². The lowest BCUT2D eigenvalue weighted by Gasteiger charge is -1.72. The minimum atomic E-state index is 0. The first kappa shape index (κ1) is 8.68. The quantitative estimate of drug-likeness (QED) is 0.700. The molecule has 0 aliphatic heterocycles. The molecule has 0 spiro atoms. The predicted octanol–water partition coefficient (Wildman–Crippen LogP) is 2.24.